The Balaban J connectivity index is 2.77. The van der Waals surface area contributed by atoms with E-state index in [-0.39, 0.29) is 12.1 Å². The quantitative estimate of drug-likeness (QED) is 0.533. The summed E-state index contributed by atoms with van der Waals surface area (Å²) in [6, 6.07) is -0.0234. The number of nitrogens with one attached hydrogen (secondary N) is 1. The average Bonchev–Trinajstić information content (AvgIpc) is 2.78. The van der Waals surface area contributed by atoms with Gasteiger partial charge in [-0.3, -0.25) is 16.0 Å². The van der Waals surface area contributed by atoms with Crippen LogP contribution in [0.15, 0.2) is 6.20 Å². The monoisotopic (exact) mass is 303 g/mol. The molecule has 3 N–H and O–H groups in total. The molecule has 0 saturated heterocycles. The van der Waals surface area contributed by atoms with Crippen LogP contribution in [0, 0.1) is 0 Å². The molecular weight excluding hydrogens is 278 g/mol. The van der Waals surface area contributed by atoms with E-state index in [9.17, 15) is 0 Å². The van der Waals surface area contributed by atoms with E-state index in [0.717, 1.165) is 31.6 Å². The number of hydrazine groups is 1. The van der Waals surface area contributed by atoms with Crippen LogP contribution in [0.4, 0.5) is 0 Å². The molecule has 1 aromatic rings. The molecule has 0 aliphatic rings. The molecule has 1 heterocycles. The van der Waals surface area contributed by atoms with E-state index >= 15 is 0 Å². The maximum absolute atomic E-state index is 6.26. The minimum absolute atomic E-state index is 0.0234. The van der Waals surface area contributed by atoms with Gasteiger partial charge in [0.05, 0.1) is 35.6 Å². The molecule has 1 rings (SSSR count). The van der Waals surface area contributed by atoms with E-state index in [2.05, 4.69) is 15.4 Å². The zero-order valence-corrected chi connectivity index (χ0v) is 13.5. The van der Waals surface area contributed by atoms with Crippen LogP contribution >= 0.6 is 11.6 Å². The molecular formula is C13H26ClN5O. The summed E-state index contributed by atoms with van der Waals surface area (Å²) >= 11 is 6.26. The molecule has 2 unspecified atom stereocenters. The first-order valence-electron chi connectivity index (χ1n) is 6.84. The number of methoxy groups -OCH3 is 1. The number of likely N-dealkylation sites (N-methyl/N-ethyl adjacent to an activating group) is 1. The van der Waals surface area contributed by atoms with Crippen molar-refractivity contribution in [3.05, 3.63) is 16.9 Å². The predicted molar refractivity (Wildman–Crippen MR) is 81.6 cm³/mol. The normalized spacial score (nSPS) is 14.8. The van der Waals surface area contributed by atoms with Gasteiger partial charge in [0.2, 0.25) is 0 Å². The molecule has 0 bridgehead atoms. The lowest BCUT2D eigenvalue weighted by atomic mass is 10.1. The highest BCUT2D eigenvalue weighted by atomic mass is 35.5. The van der Waals surface area contributed by atoms with Crippen molar-refractivity contribution in [2.75, 3.05) is 27.7 Å². The van der Waals surface area contributed by atoms with E-state index in [1.54, 1.807) is 13.3 Å². The third kappa shape index (κ3) is 5.03. The van der Waals surface area contributed by atoms with Crippen molar-refractivity contribution in [1.29, 1.82) is 0 Å². The number of rotatable bonds is 9. The Morgan fingerprint density at radius 1 is 1.50 bits per heavy atom. The van der Waals surface area contributed by atoms with Crippen molar-refractivity contribution in [1.82, 2.24) is 20.1 Å². The average molecular weight is 304 g/mol. The Kier molecular flexibility index (Phi) is 7.47. The maximum Gasteiger partial charge on any atom is 0.0834 e. The topological polar surface area (TPSA) is 68.3 Å². The number of hydrogen-bond acceptors (Lipinski definition) is 5. The van der Waals surface area contributed by atoms with Gasteiger partial charge < -0.3 is 9.64 Å². The molecule has 0 aliphatic heterocycles. The summed E-state index contributed by atoms with van der Waals surface area (Å²) < 4.78 is 7.19. The molecule has 20 heavy (non-hydrogen) atoms. The van der Waals surface area contributed by atoms with Gasteiger partial charge >= 0.3 is 0 Å². The van der Waals surface area contributed by atoms with Gasteiger partial charge in [0, 0.05) is 13.7 Å². The first-order chi connectivity index (χ1) is 9.49. The van der Waals surface area contributed by atoms with Crippen LogP contribution in [-0.4, -0.2) is 48.5 Å². The molecule has 0 aliphatic carbocycles. The van der Waals surface area contributed by atoms with Gasteiger partial charge in [0.25, 0.3) is 0 Å². The number of aromatic nitrogens is 2. The van der Waals surface area contributed by atoms with Gasteiger partial charge in [-0.25, -0.2) is 0 Å². The van der Waals surface area contributed by atoms with E-state index in [1.807, 2.05) is 25.7 Å². The Morgan fingerprint density at radius 3 is 2.75 bits per heavy atom. The van der Waals surface area contributed by atoms with E-state index in [1.165, 1.54) is 0 Å². The fraction of sp³-hybridized carbons (Fsp3) is 0.769. The Labute approximate surface area is 126 Å². The van der Waals surface area contributed by atoms with Crippen LogP contribution < -0.4 is 11.3 Å². The second-order valence-electron chi connectivity index (χ2n) is 5.25. The van der Waals surface area contributed by atoms with Crippen LogP contribution in [0.2, 0.25) is 5.02 Å². The van der Waals surface area contributed by atoms with Crippen molar-refractivity contribution in [3.8, 4) is 0 Å². The lowest BCUT2D eigenvalue weighted by Crippen LogP contribution is -2.31. The highest BCUT2D eigenvalue weighted by Gasteiger charge is 2.20. The summed E-state index contributed by atoms with van der Waals surface area (Å²) in [6.07, 6.45) is 3.62. The number of halogens is 1. The van der Waals surface area contributed by atoms with Crippen LogP contribution in [0.1, 0.15) is 31.5 Å². The van der Waals surface area contributed by atoms with E-state index in [0.29, 0.717) is 5.02 Å². The molecule has 0 radical (unpaired) electrons. The summed E-state index contributed by atoms with van der Waals surface area (Å²) in [5, 5.41) is 4.98. The van der Waals surface area contributed by atoms with Crippen molar-refractivity contribution >= 4 is 11.6 Å². The molecule has 1 aromatic heterocycles. The highest BCUT2D eigenvalue weighted by molar-refractivity contribution is 6.31. The molecule has 0 saturated carbocycles. The first kappa shape index (κ1) is 17.4. The smallest absolute Gasteiger partial charge is 0.0834 e. The molecule has 6 nitrogen and oxygen atoms in total. The van der Waals surface area contributed by atoms with Gasteiger partial charge in [-0.1, -0.05) is 11.6 Å². The number of nitrogens with zero attached hydrogens (tertiary/aromatic N) is 3. The standard InChI is InChI=1S/C13H26ClN5O/c1-10(20-4)5-6-12(17-15)13-11(14)9-16-19(13)8-7-18(2)3/h9-10,12,17H,5-8,15H2,1-4H3. The van der Waals surface area contributed by atoms with E-state index < -0.39 is 0 Å². The van der Waals surface area contributed by atoms with Gasteiger partial charge in [0.15, 0.2) is 0 Å². The zero-order chi connectivity index (χ0) is 15.1. The lowest BCUT2D eigenvalue weighted by molar-refractivity contribution is 0.105. The molecule has 0 aromatic carbocycles. The molecule has 0 spiro atoms. The summed E-state index contributed by atoms with van der Waals surface area (Å²) in [6.45, 7) is 3.72. The van der Waals surface area contributed by atoms with Gasteiger partial charge in [-0.15, -0.1) is 0 Å². The third-order valence-electron chi connectivity index (χ3n) is 3.39. The van der Waals surface area contributed by atoms with Gasteiger partial charge in [-0.05, 0) is 33.9 Å². The first-order valence-corrected chi connectivity index (χ1v) is 7.22. The summed E-state index contributed by atoms with van der Waals surface area (Å²) in [5.74, 6) is 5.68. The van der Waals surface area contributed by atoms with Crippen molar-refractivity contribution in [2.24, 2.45) is 5.84 Å². The number of ether oxygens (including phenoxy) is 1. The molecule has 2 atom stereocenters. The number of hydrogen-bond donors (Lipinski definition) is 2. The minimum atomic E-state index is -0.0234. The second-order valence-corrected chi connectivity index (χ2v) is 5.65. The Hall–Kier alpha value is -0.660. The molecule has 116 valence electrons. The molecule has 0 fully saturated rings. The van der Waals surface area contributed by atoms with Crippen LogP contribution in [0.25, 0.3) is 0 Å². The molecule has 7 heteroatoms. The van der Waals surface area contributed by atoms with Crippen LogP contribution in [0.3, 0.4) is 0 Å². The molecule has 0 amide bonds. The SMILES string of the molecule is COC(C)CCC(NN)c1c(Cl)cnn1CCN(C)C. The number of nitrogens with two attached hydrogens (primary N) is 1. The summed E-state index contributed by atoms with van der Waals surface area (Å²) in [7, 11) is 5.78. The van der Waals surface area contributed by atoms with Crippen LogP contribution in [0.5, 0.6) is 0 Å². The maximum atomic E-state index is 6.26. The lowest BCUT2D eigenvalue weighted by Gasteiger charge is -2.20. The highest BCUT2D eigenvalue weighted by Crippen LogP contribution is 2.26. The Bertz CT molecular complexity index is 396. The Morgan fingerprint density at radius 2 is 2.20 bits per heavy atom. The summed E-state index contributed by atoms with van der Waals surface area (Å²) in [5.41, 5.74) is 3.78. The fourth-order valence-corrected chi connectivity index (χ4v) is 2.28. The van der Waals surface area contributed by atoms with Crippen molar-refractivity contribution in [3.63, 3.8) is 0 Å². The zero-order valence-electron chi connectivity index (χ0n) is 12.8. The predicted octanol–water partition coefficient (Wildman–Crippen LogP) is 1.42. The minimum Gasteiger partial charge on any atom is -0.382 e. The largest absolute Gasteiger partial charge is 0.382 e. The van der Waals surface area contributed by atoms with Crippen molar-refractivity contribution in [2.45, 2.75) is 38.5 Å². The summed E-state index contributed by atoms with van der Waals surface area (Å²) in [4.78, 5) is 2.11. The second kappa shape index (κ2) is 8.59. The fourth-order valence-electron chi connectivity index (χ4n) is 2.01. The van der Waals surface area contributed by atoms with Gasteiger partial charge in [-0.2, -0.15) is 5.10 Å². The van der Waals surface area contributed by atoms with Gasteiger partial charge in [0.1, 0.15) is 0 Å². The van der Waals surface area contributed by atoms with E-state index in [4.69, 9.17) is 22.2 Å². The van der Waals surface area contributed by atoms with Crippen LogP contribution in [-0.2, 0) is 11.3 Å². The third-order valence-corrected chi connectivity index (χ3v) is 3.68. The van der Waals surface area contributed by atoms with Crippen molar-refractivity contribution < 1.29 is 4.74 Å².